The number of nitrogens with zero attached hydrogens (tertiary/aromatic N) is 6. The minimum absolute atomic E-state index is 0.119. The third-order valence-corrected chi connectivity index (χ3v) is 16.3. The van der Waals surface area contributed by atoms with Crippen molar-refractivity contribution >= 4 is 34.1 Å². The number of anilines is 2. The normalized spacial score (nSPS) is 14.9. The first-order valence-electron chi connectivity index (χ1n) is 19.8. The van der Waals surface area contributed by atoms with Gasteiger partial charge in [0.25, 0.3) is 5.56 Å². The molecule has 1 amide bonds. The van der Waals surface area contributed by atoms with Crippen LogP contribution in [-0.2, 0) is 27.7 Å². The molecule has 4 heterocycles. The van der Waals surface area contributed by atoms with Crippen LogP contribution in [0.2, 0.25) is 43.8 Å². The number of hydrogen-bond acceptors (Lipinski definition) is 10. The number of nitrogens with one attached hydrogen (secondary N) is 1. The minimum atomic E-state index is -1.90. The van der Waals surface area contributed by atoms with E-state index < -0.39 is 22.0 Å². The highest BCUT2D eigenvalue weighted by molar-refractivity contribution is 6.76. The monoisotopic (exact) mass is 807 g/mol. The molecule has 0 unspecified atom stereocenters. The molecule has 1 aliphatic rings. The maximum atomic E-state index is 13.2. The Hall–Kier alpha value is -3.98. The molecule has 4 rings (SSSR count). The topological polar surface area (TPSA) is 135 Å². The van der Waals surface area contributed by atoms with E-state index >= 15 is 0 Å². The molecule has 1 fully saturated rings. The molecular formula is C41H65N7O6Si2. The summed E-state index contributed by atoms with van der Waals surface area (Å²) in [5, 5.41) is 3.39. The molecule has 13 nitrogen and oxygen atoms in total. The standard InChI is InChI=1S/C41H65N7O6Si2/c1-30(19-23-52-56(12,13)41(5,6)7)53-34-26-36(43-27-32(34)15-14-31-17-21-47(22-18-31)39(50)54-40(2,3)4)44-35-16-20-42-37(45-35)33-28-48(46(8)38(33)49)29-51-24-25-55(9,10)11/h16,20,26-28,30-31H,17-19,21-25,29H2,1-13H3,(H,42,43,44,45)/t30-/m0/s1. The van der Waals surface area contributed by atoms with E-state index in [1.165, 1.54) is 4.68 Å². The first-order chi connectivity index (χ1) is 26.0. The van der Waals surface area contributed by atoms with E-state index in [0.717, 1.165) is 18.9 Å². The number of rotatable bonds is 14. The first-order valence-corrected chi connectivity index (χ1v) is 26.4. The van der Waals surface area contributed by atoms with Crippen molar-refractivity contribution in [1.29, 1.82) is 0 Å². The molecule has 56 heavy (non-hydrogen) atoms. The fraction of sp³-hybridized carbons (Fsp3) is 0.634. The maximum Gasteiger partial charge on any atom is 0.410 e. The number of likely N-dealkylation sites (tertiary alicyclic amines) is 1. The lowest BCUT2D eigenvalue weighted by Crippen LogP contribution is -2.41. The van der Waals surface area contributed by atoms with Crippen LogP contribution in [0, 0.1) is 17.8 Å². The summed E-state index contributed by atoms with van der Waals surface area (Å²) in [4.78, 5) is 41.3. The molecule has 1 saturated heterocycles. The molecule has 3 aromatic rings. The number of piperidine rings is 1. The lowest BCUT2D eigenvalue weighted by Gasteiger charge is -2.36. The Morgan fingerprint density at radius 3 is 2.38 bits per heavy atom. The molecule has 0 saturated carbocycles. The summed E-state index contributed by atoms with van der Waals surface area (Å²) in [6.07, 6.45) is 6.83. The molecule has 1 atom stereocenters. The summed E-state index contributed by atoms with van der Waals surface area (Å²) in [5.74, 6) is 8.74. The smallest absolute Gasteiger partial charge is 0.410 e. The van der Waals surface area contributed by atoms with Crippen molar-refractivity contribution in [2.24, 2.45) is 13.0 Å². The number of ether oxygens (including phenoxy) is 3. The van der Waals surface area contributed by atoms with Crippen molar-refractivity contribution in [2.75, 3.05) is 31.6 Å². The van der Waals surface area contributed by atoms with Crippen LogP contribution in [0.3, 0.4) is 0 Å². The zero-order valence-corrected chi connectivity index (χ0v) is 38.0. The Kier molecular flexibility index (Phi) is 14.8. The fourth-order valence-corrected chi connectivity index (χ4v) is 7.28. The van der Waals surface area contributed by atoms with Crippen LogP contribution < -0.4 is 15.6 Å². The van der Waals surface area contributed by atoms with Crippen molar-refractivity contribution in [1.82, 2.24) is 29.2 Å². The number of amides is 1. The molecule has 0 aromatic carbocycles. The maximum absolute atomic E-state index is 13.2. The number of carbonyl (C=O) groups is 1. The molecule has 15 heteroatoms. The quantitative estimate of drug-likeness (QED) is 0.0964. The van der Waals surface area contributed by atoms with Gasteiger partial charge in [-0.3, -0.25) is 14.2 Å². The molecule has 3 aromatic heterocycles. The van der Waals surface area contributed by atoms with Gasteiger partial charge in [0.2, 0.25) is 0 Å². The van der Waals surface area contributed by atoms with Crippen molar-refractivity contribution in [3.63, 3.8) is 0 Å². The van der Waals surface area contributed by atoms with Crippen LogP contribution in [0.4, 0.5) is 16.4 Å². The SMILES string of the molecule is C[C@@H](CCO[Si](C)(C)C(C)(C)C)Oc1cc(Nc2ccnc(-c3cn(COCC[Si](C)(C)C)n(C)c3=O)n2)ncc1C#CC1CCN(C(=O)OC(C)(C)C)CC1. The van der Waals surface area contributed by atoms with Gasteiger partial charge in [0.1, 0.15) is 35.3 Å². The number of aromatic nitrogens is 5. The van der Waals surface area contributed by atoms with Crippen LogP contribution in [0.25, 0.3) is 11.4 Å². The summed E-state index contributed by atoms with van der Waals surface area (Å²) in [6.45, 7) is 28.5. The second-order valence-corrected chi connectivity index (χ2v) is 28.9. The number of carbonyl (C=O) groups excluding carboxylic acids is 1. The Balaban J connectivity index is 1.51. The van der Waals surface area contributed by atoms with E-state index in [9.17, 15) is 9.59 Å². The van der Waals surface area contributed by atoms with Gasteiger partial charge in [0, 0.05) is 78.4 Å². The van der Waals surface area contributed by atoms with E-state index in [-0.39, 0.29) is 35.4 Å². The van der Waals surface area contributed by atoms with Gasteiger partial charge in [0.15, 0.2) is 14.1 Å². The zero-order valence-electron chi connectivity index (χ0n) is 36.0. The van der Waals surface area contributed by atoms with Crippen molar-refractivity contribution < 1.29 is 23.4 Å². The van der Waals surface area contributed by atoms with Gasteiger partial charge in [-0.25, -0.2) is 19.7 Å². The van der Waals surface area contributed by atoms with Crippen molar-refractivity contribution in [3.05, 3.63) is 46.6 Å². The predicted molar refractivity (Wildman–Crippen MR) is 228 cm³/mol. The molecular weight excluding hydrogens is 743 g/mol. The zero-order chi connectivity index (χ0) is 41.5. The third kappa shape index (κ3) is 13.3. The Morgan fingerprint density at radius 1 is 1.04 bits per heavy atom. The van der Waals surface area contributed by atoms with Gasteiger partial charge >= 0.3 is 6.09 Å². The third-order valence-electron chi connectivity index (χ3n) is 10.1. The molecule has 1 N–H and O–H groups in total. The Morgan fingerprint density at radius 2 is 1.73 bits per heavy atom. The van der Waals surface area contributed by atoms with E-state index in [0.29, 0.717) is 67.1 Å². The lowest BCUT2D eigenvalue weighted by atomic mass is 9.97. The first kappa shape index (κ1) is 44.7. The second kappa shape index (κ2) is 18.5. The average molecular weight is 808 g/mol. The summed E-state index contributed by atoms with van der Waals surface area (Å²) in [6, 6.07) is 4.60. The van der Waals surface area contributed by atoms with Gasteiger partial charge < -0.3 is 28.9 Å². The van der Waals surface area contributed by atoms with E-state index in [4.69, 9.17) is 18.6 Å². The van der Waals surface area contributed by atoms with Gasteiger partial charge in [-0.05, 0) is 70.8 Å². The summed E-state index contributed by atoms with van der Waals surface area (Å²) >= 11 is 0. The molecule has 1 aliphatic heterocycles. The van der Waals surface area contributed by atoms with Crippen LogP contribution in [-0.4, -0.2) is 89.7 Å². The Bertz CT molecular complexity index is 1910. The van der Waals surface area contributed by atoms with Crippen LogP contribution in [0.5, 0.6) is 5.75 Å². The highest BCUT2D eigenvalue weighted by Crippen LogP contribution is 2.36. The lowest BCUT2D eigenvalue weighted by molar-refractivity contribution is 0.0199. The molecule has 0 aliphatic carbocycles. The predicted octanol–water partition coefficient (Wildman–Crippen LogP) is 8.27. The fourth-order valence-electron chi connectivity index (χ4n) is 5.47. The molecule has 0 radical (unpaired) electrons. The summed E-state index contributed by atoms with van der Waals surface area (Å²) in [7, 11) is -1.42. The average Bonchev–Trinajstić information content (AvgIpc) is 3.37. The highest BCUT2D eigenvalue weighted by Gasteiger charge is 2.37. The Labute approximate surface area is 336 Å². The van der Waals surface area contributed by atoms with E-state index in [1.807, 2.05) is 33.8 Å². The summed E-state index contributed by atoms with van der Waals surface area (Å²) < 4.78 is 27.7. The van der Waals surface area contributed by atoms with Gasteiger partial charge in [0.05, 0.1) is 11.7 Å². The van der Waals surface area contributed by atoms with Gasteiger partial charge in [-0.1, -0.05) is 52.3 Å². The largest absolute Gasteiger partial charge is 0.489 e. The second-order valence-electron chi connectivity index (χ2n) is 18.5. The van der Waals surface area contributed by atoms with Gasteiger partial charge in [-0.2, -0.15) is 0 Å². The summed E-state index contributed by atoms with van der Waals surface area (Å²) in [5.41, 5.74) is 0.297. The number of pyridine rings is 1. The highest BCUT2D eigenvalue weighted by atomic mass is 28.4. The van der Waals surface area contributed by atoms with Gasteiger partial charge in [-0.15, -0.1) is 0 Å². The molecule has 0 spiro atoms. The molecule has 0 bridgehead atoms. The number of hydrogen-bond donors (Lipinski definition) is 1. The van der Waals surface area contributed by atoms with E-state index in [2.05, 4.69) is 85.6 Å². The van der Waals surface area contributed by atoms with Crippen LogP contribution in [0.1, 0.15) is 73.3 Å². The molecule has 308 valence electrons. The van der Waals surface area contributed by atoms with Crippen molar-refractivity contribution in [3.8, 4) is 29.0 Å². The van der Waals surface area contributed by atoms with E-state index in [1.54, 1.807) is 41.3 Å². The van der Waals surface area contributed by atoms with Crippen LogP contribution in [0.15, 0.2) is 35.5 Å². The van der Waals surface area contributed by atoms with Crippen LogP contribution >= 0.6 is 0 Å². The minimum Gasteiger partial charge on any atom is -0.489 e. The van der Waals surface area contributed by atoms with Crippen molar-refractivity contribution in [2.45, 2.75) is 130 Å².